The van der Waals surface area contributed by atoms with Crippen LogP contribution in [-0.4, -0.2) is 41.6 Å². The van der Waals surface area contributed by atoms with Gasteiger partial charge in [0.15, 0.2) is 0 Å². The molecule has 1 atom stereocenters. The zero-order chi connectivity index (χ0) is 8.55. The van der Waals surface area contributed by atoms with Crippen LogP contribution in [0.25, 0.3) is 0 Å². The van der Waals surface area contributed by atoms with Gasteiger partial charge >= 0.3 is 0 Å². The molecule has 5 heteroatoms. The van der Waals surface area contributed by atoms with E-state index in [-0.39, 0.29) is 24.4 Å². The van der Waals surface area contributed by atoms with Crippen LogP contribution in [0, 0.1) is 0 Å². The Morgan fingerprint density at radius 2 is 2.23 bits per heavy atom. The molecule has 0 unspecified atom stereocenters. The number of amides is 1. The summed E-state index contributed by atoms with van der Waals surface area (Å²) < 4.78 is 0. The van der Waals surface area contributed by atoms with E-state index in [1.165, 1.54) is 12.8 Å². The van der Waals surface area contributed by atoms with Gasteiger partial charge in [0.05, 0.1) is 6.04 Å². The first kappa shape index (κ1) is 11.1. The normalized spacial score (nSPS) is 26.7. The van der Waals surface area contributed by atoms with Crippen molar-refractivity contribution in [3.8, 4) is 0 Å². The Bertz CT molecular complexity index is 189. The predicted molar refractivity (Wildman–Crippen MR) is 57.3 cm³/mol. The lowest BCUT2D eigenvalue weighted by Gasteiger charge is -2.19. The molecular formula is C8H15ClN2OS. The predicted octanol–water partition coefficient (Wildman–Crippen LogP) is 0.691. The third kappa shape index (κ3) is 2.51. The number of carbonyl (C=O) groups excluding carboxylic acids is 1. The molecule has 0 aromatic heterocycles. The highest BCUT2D eigenvalue weighted by Crippen LogP contribution is 2.26. The molecule has 13 heavy (non-hydrogen) atoms. The average molecular weight is 223 g/mol. The van der Waals surface area contributed by atoms with Crippen LogP contribution in [0.4, 0.5) is 0 Å². The van der Waals surface area contributed by atoms with Crippen LogP contribution in [0.2, 0.25) is 0 Å². The third-order valence-electron chi connectivity index (χ3n) is 2.46. The molecule has 0 aromatic carbocycles. The van der Waals surface area contributed by atoms with Crippen molar-refractivity contribution in [1.82, 2.24) is 10.2 Å². The smallest absolute Gasteiger partial charge is 0.240 e. The molecule has 1 amide bonds. The highest BCUT2D eigenvalue weighted by atomic mass is 35.5. The first-order valence-corrected chi connectivity index (χ1v) is 5.52. The summed E-state index contributed by atoms with van der Waals surface area (Å²) in [6.07, 6.45) is 2.39. The van der Waals surface area contributed by atoms with E-state index >= 15 is 0 Å². The summed E-state index contributed by atoms with van der Waals surface area (Å²) in [5.41, 5.74) is 0. The quantitative estimate of drug-likeness (QED) is 0.747. The van der Waals surface area contributed by atoms with Gasteiger partial charge in [0, 0.05) is 24.7 Å². The van der Waals surface area contributed by atoms with Crippen LogP contribution in [0.5, 0.6) is 0 Å². The Labute approximate surface area is 89.0 Å². The topological polar surface area (TPSA) is 32.3 Å². The number of likely N-dealkylation sites (N-methyl/N-ethyl adjacent to an activating group) is 1. The van der Waals surface area contributed by atoms with Crippen LogP contribution in [0.3, 0.4) is 0 Å². The van der Waals surface area contributed by atoms with Gasteiger partial charge in [-0.25, -0.2) is 0 Å². The number of thioether (sulfide) groups is 1. The molecular weight excluding hydrogens is 208 g/mol. The highest BCUT2D eigenvalue weighted by Gasteiger charge is 2.34. The number of nitrogens with zero attached hydrogens (tertiary/aromatic N) is 1. The SMILES string of the molecule is CN(C(=O)[C@H]1CSCN1)C1CC1.Cl. The molecule has 1 aliphatic carbocycles. The van der Waals surface area contributed by atoms with E-state index in [0.29, 0.717) is 6.04 Å². The highest BCUT2D eigenvalue weighted by molar-refractivity contribution is 7.99. The standard InChI is InChI=1S/C8H14N2OS.ClH/c1-10(6-2-3-6)8(11)7-4-12-5-9-7;/h6-7,9H,2-5H2,1H3;1H/t7-;/m1./s1. The molecule has 1 saturated carbocycles. The first-order chi connectivity index (χ1) is 5.79. The fraction of sp³-hybridized carbons (Fsp3) is 0.875. The maximum absolute atomic E-state index is 11.7. The fourth-order valence-electron chi connectivity index (χ4n) is 1.44. The average Bonchev–Trinajstić information content (AvgIpc) is 2.79. The molecule has 0 radical (unpaired) electrons. The van der Waals surface area contributed by atoms with Crippen LogP contribution >= 0.6 is 24.2 Å². The molecule has 2 fully saturated rings. The maximum atomic E-state index is 11.7. The van der Waals surface area contributed by atoms with Gasteiger partial charge in [-0.05, 0) is 12.8 Å². The van der Waals surface area contributed by atoms with Gasteiger partial charge in [0.2, 0.25) is 5.91 Å². The number of hydrogen-bond acceptors (Lipinski definition) is 3. The maximum Gasteiger partial charge on any atom is 0.240 e. The van der Waals surface area contributed by atoms with Crippen molar-refractivity contribution in [2.45, 2.75) is 24.9 Å². The van der Waals surface area contributed by atoms with Crippen LogP contribution in [0.15, 0.2) is 0 Å². The van der Waals surface area contributed by atoms with Gasteiger partial charge in [-0.1, -0.05) is 0 Å². The molecule has 0 aromatic rings. The van der Waals surface area contributed by atoms with Gasteiger partial charge in [-0.3, -0.25) is 10.1 Å². The second-order valence-corrected chi connectivity index (χ2v) is 4.48. The minimum absolute atomic E-state index is 0. The zero-order valence-electron chi connectivity index (χ0n) is 7.66. The van der Waals surface area contributed by atoms with E-state index in [9.17, 15) is 4.79 Å². The number of nitrogens with one attached hydrogen (secondary N) is 1. The van der Waals surface area contributed by atoms with Gasteiger partial charge in [0.1, 0.15) is 0 Å². The number of rotatable bonds is 2. The molecule has 3 nitrogen and oxygen atoms in total. The molecule has 1 saturated heterocycles. The molecule has 2 aliphatic rings. The number of halogens is 1. The van der Waals surface area contributed by atoms with Crippen molar-refractivity contribution in [3.05, 3.63) is 0 Å². The minimum atomic E-state index is 0. The Morgan fingerprint density at radius 3 is 2.69 bits per heavy atom. The van der Waals surface area contributed by atoms with Crippen molar-refractivity contribution in [1.29, 1.82) is 0 Å². The molecule has 0 spiro atoms. The molecule has 76 valence electrons. The summed E-state index contributed by atoms with van der Waals surface area (Å²) in [5, 5.41) is 3.19. The summed E-state index contributed by atoms with van der Waals surface area (Å²) in [5.74, 6) is 2.15. The monoisotopic (exact) mass is 222 g/mol. The van der Waals surface area contributed by atoms with Crippen molar-refractivity contribution in [2.24, 2.45) is 0 Å². The van der Waals surface area contributed by atoms with Gasteiger partial charge in [-0.15, -0.1) is 24.2 Å². The molecule has 1 aliphatic heterocycles. The largest absolute Gasteiger partial charge is 0.341 e. The Morgan fingerprint density at radius 1 is 1.54 bits per heavy atom. The summed E-state index contributed by atoms with van der Waals surface area (Å²) in [7, 11) is 1.92. The molecule has 1 heterocycles. The van der Waals surface area contributed by atoms with E-state index < -0.39 is 0 Å². The number of carbonyl (C=O) groups is 1. The lowest BCUT2D eigenvalue weighted by molar-refractivity contribution is -0.131. The minimum Gasteiger partial charge on any atom is -0.341 e. The van der Waals surface area contributed by atoms with Crippen molar-refractivity contribution in [3.63, 3.8) is 0 Å². The first-order valence-electron chi connectivity index (χ1n) is 4.37. The molecule has 0 bridgehead atoms. The summed E-state index contributed by atoms with van der Waals surface area (Å²) >= 11 is 1.80. The Balaban J connectivity index is 0.000000845. The number of hydrogen-bond donors (Lipinski definition) is 1. The fourth-order valence-corrected chi connectivity index (χ4v) is 2.37. The van der Waals surface area contributed by atoms with E-state index in [0.717, 1.165) is 11.6 Å². The second-order valence-electron chi connectivity index (χ2n) is 3.45. The van der Waals surface area contributed by atoms with Crippen molar-refractivity contribution < 1.29 is 4.79 Å². The van der Waals surface area contributed by atoms with Gasteiger partial charge in [-0.2, -0.15) is 0 Å². The van der Waals surface area contributed by atoms with Gasteiger partial charge < -0.3 is 4.90 Å². The van der Waals surface area contributed by atoms with Crippen LogP contribution in [-0.2, 0) is 4.79 Å². The lowest BCUT2D eigenvalue weighted by Crippen LogP contribution is -2.43. The zero-order valence-corrected chi connectivity index (χ0v) is 9.29. The van der Waals surface area contributed by atoms with Gasteiger partial charge in [0.25, 0.3) is 0 Å². The Hall–Kier alpha value is 0.0700. The van der Waals surface area contributed by atoms with E-state index in [1.807, 2.05) is 11.9 Å². The van der Waals surface area contributed by atoms with Crippen molar-refractivity contribution >= 4 is 30.1 Å². The Kier molecular flexibility index (Phi) is 3.88. The van der Waals surface area contributed by atoms with Crippen molar-refractivity contribution in [2.75, 3.05) is 18.7 Å². The van der Waals surface area contributed by atoms with E-state index in [1.54, 1.807) is 11.8 Å². The summed E-state index contributed by atoms with van der Waals surface area (Å²) in [6.45, 7) is 0. The second kappa shape index (κ2) is 4.53. The third-order valence-corrected chi connectivity index (χ3v) is 3.40. The molecule has 1 N–H and O–H groups in total. The van der Waals surface area contributed by atoms with Crippen LogP contribution in [0.1, 0.15) is 12.8 Å². The summed E-state index contributed by atoms with van der Waals surface area (Å²) in [6, 6.07) is 0.630. The lowest BCUT2D eigenvalue weighted by atomic mass is 10.3. The van der Waals surface area contributed by atoms with E-state index in [4.69, 9.17) is 0 Å². The summed E-state index contributed by atoms with van der Waals surface area (Å²) in [4.78, 5) is 13.6. The van der Waals surface area contributed by atoms with Crippen LogP contribution < -0.4 is 5.32 Å². The molecule has 2 rings (SSSR count). The van der Waals surface area contributed by atoms with E-state index in [2.05, 4.69) is 5.32 Å².